The maximum absolute atomic E-state index is 10.6. The lowest BCUT2D eigenvalue weighted by Crippen LogP contribution is -2.28. The molecule has 0 aliphatic carbocycles. The van der Waals surface area contributed by atoms with Gasteiger partial charge in [-0.25, -0.2) is 0 Å². The fourth-order valence-corrected chi connectivity index (χ4v) is 1.19. The number of nitrogens with one attached hydrogen (secondary N) is 1. The first-order valence-electron chi connectivity index (χ1n) is 3.22. The Kier molecular flexibility index (Phi) is 1.71. The van der Waals surface area contributed by atoms with E-state index in [-0.39, 0.29) is 11.8 Å². The Balaban J connectivity index is 2.49. The number of nitrogens with two attached hydrogens (primary N) is 1. The summed E-state index contributed by atoms with van der Waals surface area (Å²) in [6.45, 7) is 3.72. The van der Waals surface area contributed by atoms with Crippen LogP contribution in [0.5, 0.6) is 0 Å². The van der Waals surface area contributed by atoms with Gasteiger partial charge in [0.15, 0.2) is 0 Å². The first-order chi connectivity index (χ1) is 4.22. The second-order valence-electron chi connectivity index (χ2n) is 2.64. The minimum absolute atomic E-state index is 0.0602. The highest BCUT2D eigenvalue weighted by atomic mass is 16.1. The zero-order valence-corrected chi connectivity index (χ0v) is 5.55. The van der Waals surface area contributed by atoms with Crippen LogP contribution in [0, 0.1) is 11.8 Å². The number of carbonyl (C=O) groups excluding carboxylic acids is 1. The van der Waals surface area contributed by atoms with Crippen molar-refractivity contribution in [3.05, 3.63) is 0 Å². The topological polar surface area (TPSA) is 55.1 Å². The van der Waals surface area contributed by atoms with Crippen LogP contribution in [0.3, 0.4) is 0 Å². The molecule has 1 amide bonds. The van der Waals surface area contributed by atoms with Gasteiger partial charge in [0.2, 0.25) is 5.91 Å². The average molecular weight is 128 g/mol. The summed E-state index contributed by atoms with van der Waals surface area (Å²) < 4.78 is 0. The van der Waals surface area contributed by atoms with E-state index in [9.17, 15) is 4.79 Å². The van der Waals surface area contributed by atoms with E-state index in [2.05, 4.69) is 5.32 Å². The van der Waals surface area contributed by atoms with Gasteiger partial charge in [-0.15, -0.1) is 0 Å². The summed E-state index contributed by atoms with van der Waals surface area (Å²) in [5.74, 6) is 0.306. The van der Waals surface area contributed by atoms with Crippen molar-refractivity contribution >= 4 is 5.91 Å². The Bertz CT molecular complexity index is 124. The second kappa shape index (κ2) is 2.35. The van der Waals surface area contributed by atoms with Crippen molar-refractivity contribution in [3.63, 3.8) is 0 Å². The van der Waals surface area contributed by atoms with Crippen LogP contribution in [-0.4, -0.2) is 19.0 Å². The summed E-state index contributed by atoms with van der Waals surface area (Å²) >= 11 is 0. The Morgan fingerprint density at radius 3 is 2.56 bits per heavy atom. The fraction of sp³-hybridized carbons (Fsp3) is 0.833. The van der Waals surface area contributed by atoms with Gasteiger partial charge in [-0.05, 0) is 12.5 Å². The lowest BCUT2D eigenvalue weighted by Gasteiger charge is -2.07. The van der Waals surface area contributed by atoms with Gasteiger partial charge < -0.3 is 11.1 Å². The van der Waals surface area contributed by atoms with E-state index in [4.69, 9.17) is 5.73 Å². The molecule has 1 rings (SSSR count). The third-order valence-corrected chi connectivity index (χ3v) is 1.88. The van der Waals surface area contributed by atoms with Crippen molar-refractivity contribution in [1.29, 1.82) is 0 Å². The van der Waals surface area contributed by atoms with E-state index in [1.54, 1.807) is 0 Å². The SMILES string of the molecule is C[C@H]1CNC[C@H]1C(N)=O. The van der Waals surface area contributed by atoms with Crippen LogP contribution in [0.2, 0.25) is 0 Å². The van der Waals surface area contributed by atoms with Crippen LogP contribution >= 0.6 is 0 Å². The molecule has 2 atom stereocenters. The highest BCUT2D eigenvalue weighted by Crippen LogP contribution is 2.14. The molecule has 3 heteroatoms. The molecule has 1 aliphatic rings. The van der Waals surface area contributed by atoms with Crippen LogP contribution in [0.4, 0.5) is 0 Å². The van der Waals surface area contributed by atoms with Crippen LogP contribution in [0.15, 0.2) is 0 Å². The van der Waals surface area contributed by atoms with E-state index in [1.165, 1.54) is 0 Å². The minimum atomic E-state index is -0.174. The van der Waals surface area contributed by atoms with Gasteiger partial charge in [0.05, 0.1) is 5.92 Å². The number of rotatable bonds is 1. The van der Waals surface area contributed by atoms with Gasteiger partial charge in [-0.1, -0.05) is 6.92 Å². The lowest BCUT2D eigenvalue weighted by molar-refractivity contribution is -0.122. The molecule has 1 saturated heterocycles. The molecule has 0 saturated carbocycles. The van der Waals surface area contributed by atoms with Crippen LogP contribution in [0.25, 0.3) is 0 Å². The lowest BCUT2D eigenvalue weighted by atomic mass is 9.98. The molecule has 3 nitrogen and oxygen atoms in total. The molecule has 3 N–H and O–H groups in total. The van der Waals surface area contributed by atoms with Gasteiger partial charge in [0, 0.05) is 6.54 Å². The third-order valence-electron chi connectivity index (χ3n) is 1.88. The van der Waals surface area contributed by atoms with Crippen LogP contribution in [-0.2, 0) is 4.79 Å². The number of hydrogen-bond acceptors (Lipinski definition) is 2. The minimum Gasteiger partial charge on any atom is -0.369 e. The summed E-state index contributed by atoms with van der Waals surface area (Å²) in [5, 5.41) is 3.10. The van der Waals surface area contributed by atoms with Crippen LogP contribution < -0.4 is 11.1 Å². The van der Waals surface area contributed by atoms with E-state index in [1.807, 2.05) is 6.92 Å². The maximum atomic E-state index is 10.6. The van der Waals surface area contributed by atoms with Crippen molar-refractivity contribution in [2.24, 2.45) is 17.6 Å². The van der Waals surface area contributed by atoms with Crippen molar-refractivity contribution in [1.82, 2.24) is 5.32 Å². The van der Waals surface area contributed by atoms with E-state index in [0.29, 0.717) is 5.92 Å². The molecule has 52 valence electrons. The van der Waals surface area contributed by atoms with E-state index < -0.39 is 0 Å². The van der Waals surface area contributed by atoms with Crippen LogP contribution in [0.1, 0.15) is 6.92 Å². The number of carbonyl (C=O) groups is 1. The molecule has 1 heterocycles. The Labute approximate surface area is 54.6 Å². The van der Waals surface area contributed by atoms with Gasteiger partial charge in [-0.2, -0.15) is 0 Å². The van der Waals surface area contributed by atoms with Gasteiger partial charge in [0.1, 0.15) is 0 Å². The number of amides is 1. The number of primary amides is 1. The molecule has 0 bridgehead atoms. The predicted molar refractivity (Wildman–Crippen MR) is 34.7 cm³/mol. The molecule has 0 unspecified atom stereocenters. The average Bonchev–Trinajstić information content (AvgIpc) is 2.13. The molecule has 1 aliphatic heterocycles. The molecule has 1 fully saturated rings. The summed E-state index contributed by atoms with van der Waals surface area (Å²) in [4.78, 5) is 10.6. The zero-order valence-electron chi connectivity index (χ0n) is 5.55. The highest BCUT2D eigenvalue weighted by molar-refractivity contribution is 5.77. The molecule has 0 spiro atoms. The standard InChI is InChI=1S/C6H12N2O/c1-4-2-8-3-5(4)6(7)9/h4-5,8H,2-3H2,1H3,(H2,7,9)/t4-,5+/m0/s1. The van der Waals surface area contributed by atoms with Crippen molar-refractivity contribution < 1.29 is 4.79 Å². The maximum Gasteiger partial charge on any atom is 0.222 e. The first kappa shape index (κ1) is 6.55. The Morgan fingerprint density at radius 2 is 2.33 bits per heavy atom. The Morgan fingerprint density at radius 1 is 1.67 bits per heavy atom. The van der Waals surface area contributed by atoms with Crippen molar-refractivity contribution in [2.75, 3.05) is 13.1 Å². The fourth-order valence-electron chi connectivity index (χ4n) is 1.19. The number of hydrogen-bond donors (Lipinski definition) is 2. The summed E-state index contributed by atoms with van der Waals surface area (Å²) in [5.41, 5.74) is 5.11. The monoisotopic (exact) mass is 128 g/mol. The smallest absolute Gasteiger partial charge is 0.222 e. The Hall–Kier alpha value is -0.570. The quantitative estimate of drug-likeness (QED) is 0.492. The van der Waals surface area contributed by atoms with Gasteiger partial charge >= 0.3 is 0 Å². The normalized spacial score (nSPS) is 34.8. The van der Waals surface area contributed by atoms with Crippen molar-refractivity contribution in [2.45, 2.75) is 6.92 Å². The molecular formula is C6H12N2O. The van der Waals surface area contributed by atoms with Gasteiger partial charge in [-0.3, -0.25) is 4.79 Å². The predicted octanol–water partition coefficient (Wildman–Crippen LogP) is -0.673. The molecule has 0 aromatic carbocycles. The van der Waals surface area contributed by atoms with E-state index in [0.717, 1.165) is 13.1 Å². The van der Waals surface area contributed by atoms with Crippen molar-refractivity contribution in [3.8, 4) is 0 Å². The summed E-state index contributed by atoms with van der Waals surface area (Å²) in [6, 6.07) is 0. The molecule has 0 aromatic rings. The summed E-state index contributed by atoms with van der Waals surface area (Å²) in [7, 11) is 0. The second-order valence-corrected chi connectivity index (χ2v) is 2.64. The first-order valence-corrected chi connectivity index (χ1v) is 3.22. The largest absolute Gasteiger partial charge is 0.369 e. The highest BCUT2D eigenvalue weighted by Gasteiger charge is 2.27. The summed E-state index contributed by atoms with van der Waals surface area (Å²) in [6.07, 6.45) is 0. The zero-order chi connectivity index (χ0) is 6.85. The molecule has 0 aromatic heterocycles. The third kappa shape index (κ3) is 1.21. The van der Waals surface area contributed by atoms with Gasteiger partial charge in [0.25, 0.3) is 0 Å². The van der Waals surface area contributed by atoms with E-state index >= 15 is 0 Å². The molecular weight excluding hydrogens is 116 g/mol. The molecule has 9 heavy (non-hydrogen) atoms. The molecule has 0 radical (unpaired) electrons.